The molecule has 216 valence electrons. The van der Waals surface area contributed by atoms with Crippen LogP contribution in [0.5, 0.6) is 23.0 Å². The monoisotopic (exact) mass is 555 g/mol. The van der Waals surface area contributed by atoms with Gasteiger partial charge in [0.05, 0.1) is 12.5 Å². The maximum atomic E-state index is 12.4. The number of carbonyl (C=O) groups is 1. The minimum atomic E-state index is -0.575. The van der Waals surface area contributed by atoms with Crippen molar-refractivity contribution >= 4 is 17.1 Å². The summed E-state index contributed by atoms with van der Waals surface area (Å²) >= 11 is 0. The molecule has 6 nitrogen and oxygen atoms in total. The van der Waals surface area contributed by atoms with Crippen molar-refractivity contribution in [2.75, 3.05) is 33.4 Å². The normalized spacial score (nSPS) is 17.4. The maximum Gasteiger partial charge on any atom is 0.316 e. The van der Waals surface area contributed by atoms with Crippen LogP contribution in [0.4, 0.5) is 0 Å². The number of esters is 1. The van der Waals surface area contributed by atoms with Gasteiger partial charge in [-0.15, -0.1) is 0 Å². The molecule has 1 atom stereocenters. The molecular formula is C35H41NO5. The van der Waals surface area contributed by atoms with Gasteiger partial charge in [0.25, 0.3) is 0 Å². The highest BCUT2D eigenvalue weighted by atomic mass is 16.5. The summed E-state index contributed by atoms with van der Waals surface area (Å²) < 4.78 is 23.8. The van der Waals surface area contributed by atoms with Crippen molar-refractivity contribution in [3.8, 4) is 23.0 Å². The number of hydrogen-bond donors (Lipinski definition) is 0. The van der Waals surface area contributed by atoms with E-state index in [0.717, 1.165) is 51.6 Å². The molecule has 3 aromatic rings. The molecule has 0 N–H and O–H groups in total. The van der Waals surface area contributed by atoms with Crippen molar-refractivity contribution in [1.29, 1.82) is 0 Å². The van der Waals surface area contributed by atoms with Gasteiger partial charge in [-0.1, -0.05) is 30.7 Å². The molecular weight excluding hydrogens is 514 g/mol. The van der Waals surface area contributed by atoms with Crippen molar-refractivity contribution in [1.82, 2.24) is 4.90 Å². The quantitative estimate of drug-likeness (QED) is 0.211. The number of hydrogen-bond acceptors (Lipinski definition) is 6. The van der Waals surface area contributed by atoms with E-state index in [2.05, 4.69) is 24.0 Å². The van der Waals surface area contributed by atoms with Crippen molar-refractivity contribution in [2.24, 2.45) is 5.41 Å². The highest BCUT2D eigenvalue weighted by Gasteiger charge is 2.30. The lowest BCUT2D eigenvalue weighted by Crippen LogP contribution is -2.33. The average molecular weight is 556 g/mol. The van der Waals surface area contributed by atoms with Gasteiger partial charge in [0.15, 0.2) is 0 Å². The van der Waals surface area contributed by atoms with Crippen LogP contribution in [0.3, 0.4) is 0 Å². The minimum absolute atomic E-state index is 0.263. The smallest absolute Gasteiger partial charge is 0.316 e. The van der Waals surface area contributed by atoms with Crippen LogP contribution < -0.4 is 18.9 Å². The van der Waals surface area contributed by atoms with E-state index >= 15 is 0 Å². The Bertz CT molecular complexity index is 1380. The number of piperidine rings is 1. The Morgan fingerprint density at radius 1 is 0.902 bits per heavy atom. The van der Waals surface area contributed by atoms with Crippen LogP contribution in [0.15, 0.2) is 66.7 Å². The molecule has 0 bridgehead atoms. The highest BCUT2D eigenvalue weighted by Crippen LogP contribution is 2.47. The Morgan fingerprint density at radius 3 is 2.22 bits per heavy atom. The molecule has 5 rings (SSSR count). The third-order valence-corrected chi connectivity index (χ3v) is 7.80. The molecule has 1 fully saturated rings. The fourth-order valence-electron chi connectivity index (χ4n) is 5.34. The van der Waals surface area contributed by atoms with E-state index in [-0.39, 0.29) is 12.1 Å². The van der Waals surface area contributed by atoms with E-state index in [1.165, 1.54) is 32.4 Å². The number of nitrogens with zero attached hydrogens (tertiary/aromatic N) is 1. The van der Waals surface area contributed by atoms with E-state index in [1.807, 2.05) is 75.4 Å². The van der Waals surface area contributed by atoms with Gasteiger partial charge in [0, 0.05) is 23.7 Å². The van der Waals surface area contributed by atoms with Gasteiger partial charge < -0.3 is 18.9 Å². The molecule has 0 radical (unpaired) electrons. The van der Waals surface area contributed by atoms with Gasteiger partial charge in [0.2, 0.25) is 0 Å². The zero-order chi connectivity index (χ0) is 29.0. The highest BCUT2D eigenvalue weighted by molar-refractivity contribution is 5.95. The Hall–Kier alpha value is -3.77. The molecule has 41 heavy (non-hydrogen) atoms. The molecule has 6 heteroatoms. The van der Waals surface area contributed by atoms with Crippen LogP contribution in [0, 0.1) is 5.41 Å². The lowest BCUT2D eigenvalue weighted by Gasteiger charge is -2.31. The van der Waals surface area contributed by atoms with Crippen LogP contribution in [0.1, 0.15) is 69.8 Å². The van der Waals surface area contributed by atoms with Crippen LogP contribution >= 0.6 is 0 Å². The summed E-state index contributed by atoms with van der Waals surface area (Å²) in [5.41, 5.74) is 4.67. The van der Waals surface area contributed by atoms with Crippen molar-refractivity contribution in [3.05, 3.63) is 83.4 Å². The summed E-state index contributed by atoms with van der Waals surface area (Å²) in [5, 5.41) is 0. The van der Waals surface area contributed by atoms with Crippen LogP contribution in [0.2, 0.25) is 0 Å². The standard InChI is InChI=1S/C35H41NO5/c1-24-30-18-17-29(38-5)23-31(30)41-33(32(24)25-9-15-28(16-10-25)40-34(37)35(2,3)4)26-11-13-27(14-12-26)39-22-21-36-19-7-6-8-20-36/h9-18,23,33H,6-8,19-22H2,1-5H3/t33-/m0/s1. The lowest BCUT2D eigenvalue weighted by atomic mass is 9.86. The van der Waals surface area contributed by atoms with E-state index in [9.17, 15) is 4.79 Å². The molecule has 0 spiro atoms. The lowest BCUT2D eigenvalue weighted by molar-refractivity contribution is -0.143. The molecule has 0 aliphatic carbocycles. The van der Waals surface area contributed by atoms with Gasteiger partial charge in [-0.3, -0.25) is 9.69 Å². The van der Waals surface area contributed by atoms with E-state index in [1.54, 1.807) is 7.11 Å². The van der Waals surface area contributed by atoms with Crippen LogP contribution in [-0.4, -0.2) is 44.2 Å². The predicted molar refractivity (Wildman–Crippen MR) is 163 cm³/mol. The number of likely N-dealkylation sites (tertiary alicyclic amines) is 1. The molecule has 2 aliphatic heterocycles. The van der Waals surface area contributed by atoms with Gasteiger partial charge in [-0.2, -0.15) is 0 Å². The topological polar surface area (TPSA) is 57.2 Å². The average Bonchev–Trinajstić information content (AvgIpc) is 2.98. The van der Waals surface area contributed by atoms with E-state index < -0.39 is 5.41 Å². The second-order valence-corrected chi connectivity index (χ2v) is 11.9. The Labute approximate surface area is 243 Å². The number of methoxy groups -OCH3 is 1. The predicted octanol–water partition coefficient (Wildman–Crippen LogP) is 7.58. The summed E-state index contributed by atoms with van der Waals surface area (Å²) in [6, 6.07) is 21.8. The third kappa shape index (κ3) is 6.76. The summed E-state index contributed by atoms with van der Waals surface area (Å²) in [6.45, 7) is 11.6. The van der Waals surface area contributed by atoms with E-state index in [0.29, 0.717) is 12.4 Å². The summed E-state index contributed by atoms with van der Waals surface area (Å²) in [5.74, 6) is 2.65. The third-order valence-electron chi connectivity index (χ3n) is 7.80. The summed E-state index contributed by atoms with van der Waals surface area (Å²) in [7, 11) is 1.66. The Balaban J connectivity index is 1.40. The largest absolute Gasteiger partial charge is 0.497 e. The number of benzene rings is 3. The fraction of sp³-hybridized carbons (Fsp3) is 0.400. The van der Waals surface area contributed by atoms with Crippen molar-refractivity contribution in [2.45, 2.75) is 53.1 Å². The van der Waals surface area contributed by atoms with Gasteiger partial charge in [0.1, 0.15) is 35.7 Å². The maximum absolute atomic E-state index is 12.4. The molecule has 0 aromatic heterocycles. The first kappa shape index (κ1) is 28.7. The molecule has 2 heterocycles. The number of ether oxygens (including phenoxy) is 4. The van der Waals surface area contributed by atoms with Crippen molar-refractivity contribution in [3.63, 3.8) is 0 Å². The molecule has 2 aliphatic rings. The zero-order valence-corrected chi connectivity index (χ0v) is 24.9. The Kier molecular flexibility index (Phi) is 8.69. The Morgan fingerprint density at radius 2 is 1.56 bits per heavy atom. The second kappa shape index (κ2) is 12.4. The first-order valence-electron chi connectivity index (χ1n) is 14.6. The number of fused-ring (bicyclic) bond motifs is 1. The first-order valence-corrected chi connectivity index (χ1v) is 14.6. The first-order chi connectivity index (χ1) is 19.7. The van der Waals surface area contributed by atoms with Gasteiger partial charge in [-0.05, 0) is 107 Å². The molecule has 0 unspecified atom stereocenters. The summed E-state index contributed by atoms with van der Waals surface area (Å²) in [6.07, 6.45) is 3.57. The molecule has 1 saturated heterocycles. The second-order valence-electron chi connectivity index (χ2n) is 11.9. The number of rotatable bonds is 8. The summed E-state index contributed by atoms with van der Waals surface area (Å²) in [4.78, 5) is 14.9. The van der Waals surface area contributed by atoms with Crippen LogP contribution in [-0.2, 0) is 4.79 Å². The number of allylic oxidation sites excluding steroid dienone is 1. The minimum Gasteiger partial charge on any atom is -0.497 e. The van der Waals surface area contributed by atoms with E-state index in [4.69, 9.17) is 18.9 Å². The molecule has 0 amide bonds. The number of carbonyl (C=O) groups excluding carboxylic acids is 1. The van der Waals surface area contributed by atoms with Gasteiger partial charge in [-0.25, -0.2) is 0 Å². The molecule has 3 aromatic carbocycles. The fourth-order valence-corrected chi connectivity index (χ4v) is 5.34. The van der Waals surface area contributed by atoms with Crippen molar-refractivity contribution < 1.29 is 23.7 Å². The van der Waals surface area contributed by atoms with Gasteiger partial charge >= 0.3 is 5.97 Å². The van der Waals surface area contributed by atoms with Crippen LogP contribution in [0.25, 0.3) is 11.1 Å². The zero-order valence-electron chi connectivity index (χ0n) is 24.9. The SMILES string of the molecule is COc1ccc2c(c1)O[C@@H](c1ccc(OCCN3CCCCC3)cc1)C(c1ccc(OC(=O)C(C)(C)C)cc1)=C2C. The molecule has 0 saturated carbocycles.